The Morgan fingerprint density at radius 2 is 0.729 bits per heavy atom. The van der Waals surface area contributed by atoms with E-state index in [0.717, 1.165) is 28.4 Å². The third-order valence-electron chi connectivity index (χ3n) is 14.1. The van der Waals surface area contributed by atoms with Gasteiger partial charge in [0.05, 0.1) is 27.8 Å². The molecule has 0 aliphatic carbocycles. The van der Waals surface area contributed by atoms with Crippen LogP contribution in [-0.2, 0) is 0 Å². The summed E-state index contributed by atoms with van der Waals surface area (Å²) in [5.41, 5.74) is 17.6. The van der Waals surface area contributed by atoms with E-state index < -0.39 is 0 Å². The summed E-state index contributed by atoms with van der Waals surface area (Å²) in [5, 5.41) is 7.47. The molecule has 0 fully saturated rings. The quantitative estimate of drug-likeness (QED) is 0.148. The molecule has 0 spiro atoms. The van der Waals surface area contributed by atoms with Gasteiger partial charge in [0.2, 0.25) is 0 Å². The van der Waals surface area contributed by atoms with Crippen molar-refractivity contribution in [3.8, 4) is 44.8 Å². The van der Waals surface area contributed by atoms with Crippen molar-refractivity contribution >= 4 is 92.2 Å². The van der Waals surface area contributed by atoms with Gasteiger partial charge < -0.3 is 14.0 Å². The van der Waals surface area contributed by atoms with Crippen LogP contribution in [-0.4, -0.2) is 9.13 Å². The average molecular weight is 910 g/mol. The molecule has 0 radical (unpaired) electrons. The van der Waals surface area contributed by atoms with Crippen LogP contribution in [0.4, 0.5) is 17.1 Å². The molecule has 0 saturated heterocycles. The second kappa shape index (κ2) is 16.4. The molecule has 0 saturated carbocycles. The highest BCUT2D eigenvalue weighted by Gasteiger charge is 2.22. The summed E-state index contributed by atoms with van der Waals surface area (Å²) in [6.45, 7) is 0. The summed E-state index contributed by atoms with van der Waals surface area (Å²) in [4.78, 5) is 2.46. The zero-order valence-electron chi connectivity index (χ0n) is 38.1. The first-order chi connectivity index (χ1) is 34.7. The van der Waals surface area contributed by atoms with Crippen LogP contribution < -0.4 is 4.90 Å². The van der Waals surface area contributed by atoms with Crippen molar-refractivity contribution < 1.29 is 0 Å². The van der Waals surface area contributed by atoms with Crippen molar-refractivity contribution in [2.45, 2.75) is 0 Å². The number of thiophene rings is 1. The first-order valence-corrected chi connectivity index (χ1v) is 24.7. The lowest BCUT2D eigenvalue weighted by Gasteiger charge is -2.27. The zero-order chi connectivity index (χ0) is 46.1. The van der Waals surface area contributed by atoms with Crippen LogP contribution in [0.15, 0.2) is 261 Å². The van der Waals surface area contributed by atoms with Gasteiger partial charge in [0.1, 0.15) is 0 Å². The van der Waals surface area contributed by atoms with Crippen LogP contribution >= 0.6 is 11.3 Å². The summed E-state index contributed by atoms with van der Waals surface area (Å²) >= 11 is 1.87. The molecular weight excluding hydrogens is 867 g/mol. The first kappa shape index (κ1) is 40.1. The summed E-state index contributed by atoms with van der Waals surface area (Å²) in [5.74, 6) is 0. The third-order valence-corrected chi connectivity index (χ3v) is 15.2. The van der Waals surface area contributed by atoms with Crippen molar-refractivity contribution in [3.05, 3.63) is 261 Å². The average Bonchev–Trinajstić information content (AvgIpc) is 4.09. The second-order valence-corrected chi connectivity index (χ2v) is 19.2. The van der Waals surface area contributed by atoms with Gasteiger partial charge in [-0.05, 0) is 118 Å². The maximum Gasteiger partial charge on any atom is 0.0561 e. The molecular formula is C66H43N3S. The number of nitrogens with zero attached hydrogens (tertiary/aromatic N) is 3. The van der Waals surface area contributed by atoms with E-state index in [1.54, 1.807) is 0 Å². The molecule has 11 aromatic carbocycles. The summed E-state index contributed by atoms with van der Waals surface area (Å²) in [7, 11) is 0. The molecule has 70 heavy (non-hydrogen) atoms. The Kier molecular flexibility index (Phi) is 9.39. The SMILES string of the molecule is c1ccc(-c2ccc(N(c3ccc4c5ccccc5n(-c5ccccc5)c4c3)c3cccc4sc5cc(-c6ccc7c8ccccc8n(-c8ccc(-c9ccccc9)cc8)c7c6)ccc5c34)cc2)cc1. The summed E-state index contributed by atoms with van der Waals surface area (Å²) < 4.78 is 7.34. The van der Waals surface area contributed by atoms with Crippen LogP contribution in [0.1, 0.15) is 0 Å². The Bertz CT molecular complexity index is 4260. The second-order valence-electron chi connectivity index (χ2n) is 18.1. The number of aromatic nitrogens is 2. The van der Waals surface area contributed by atoms with E-state index in [2.05, 4.69) is 275 Å². The molecule has 3 nitrogen and oxygen atoms in total. The van der Waals surface area contributed by atoms with Crippen molar-refractivity contribution in [3.63, 3.8) is 0 Å². The zero-order valence-corrected chi connectivity index (χ0v) is 38.9. The van der Waals surface area contributed by atoms with Crippen molar-refractivity contribution in [2.24, 2.45) is 0 Å². The van der Waals surface area contributed by atoms with E-state index in [1.807, 2.05) is 11.3 Å². The summed E-state index contributed by atoms with van der Waals surface area (Å²) in [6, 6.07) is 95.4. The number of benzene rings is 11. The lowest BCUT2D eigenvalue weighted by molar-refractivity contribution is 1.18. The number of anilines is 3. The lowest BCUT2D eigenvalue weighted by Crippen LogP contribution is -2.10. The predicted molar refractivity (Wildman–Crippen MR) is 299 cm³/mol. The fraction of sp³-hybridized carbons (Fsp3) is 0. The fourth-order valence-corrected chi connectivity index (χ4v) is 12.0. The maximum absolute atomic E-state index is 2.46. The topological polar surface area (TPSA) is 13.1 Å². The Morgan fingerprint density at radius 3 is 1.37 bits per heavy atom. The highest BCUT2D eigenvalue weighted by atomic mass is 32.1. The Balaban J connectivity index is 0.920. The molecule has 0 amide bonds. The van der Waals surface area contributed by atoms with Gasteiger partial charge >= 0.3 is 0 Å². The molecule has 0 N–H and O–H groups in total. The van der Waals surface area contributed by atoms with Crippen molar-refractivity contribution in [2.75, 3.05) is 4.90 Å². The molecule has 0 bridgehead atoms. The number of para-hydroxylation sites is 3. The van der Waals surface area contributed by atoms with Crippen LogP contribution in [0, 0.1) is 0 Å². The van der Waals surface area contributed by atoms with Crippen molar-refractivity contribution in [1.82, 2.24) is 9.13 Å². The van der Waals surface area contributed by atoms with Gasteiger partial charge in [0.25, 0.3) is 0 Å². The van der Waals surface area contributed by atoms with Gasteiger partial charge in [-0.25, -0.2) is 0 Å². The Hall–Kier alpha value is -8.96. The van der Waals surface area contributed by atoms with Crippen molar-refractivity contribution in [1.29, 1.82) is 0 Å². The molecule has 3 heterocycles. The van der Waals surface area contributed by atoms with Crippen LogP contribution in [0.2, 0.25) is 0 Å². The normalized spacial score (nSPS) is 11.7. The van der Waals surface area contributed by atoms with Gasteiger partial charge in [-0.3, -0.25) is 0 Å². The molecule has 3 aromatic heterocycles. The predicted octanol–water partition coefficient (Wildman–Crippen LogP) is 18.7. The molecule has 14 aromatic rings. The minimum atomic E-state index is 1.10. The number of rotatable bonds is 8. The van der Waals surface area contributed by atoms with Gasteiger partial charge in [-0.15, -0.1) is 11.3 Å². The molecule has 0 unspecified atom stereocenters. The maximum atomic E-state index is 2.46. The fourth-order valence-electron chi connectivity index (χ4n) is 10.8. The first-order valence-electron chi connectivity index (χ1n) is 23.9. The highest BCUT2D eigenvalue weighted by Crippen LogP contribution is 2.47. The standard InChI is InChI=1S/C66H43N3S/c1-4-15-44(16-5-1)46-27-33-51(34-28-46)67(53-37-40-57-55-22-11-12-23-59(55)68(63(57)43-53)50-19-8-3-9-20-50)61-25-14-26-64-66(61)58-39-32-49(42-65(58)70-64)48-31-38-56-54-21-10-13-24-60(54)69(62(56)41-48)52-35-29-47(30-36-52)45-17-6-2-7-18-45/h1-43H. The van der Waals surface area contributed by atoms with Crippen LogP contribution in [0.25, 0.3) is 109 Å². The van der Waals surface area contributed by atoms with Gasteiger partial charge in [-0.1, -0.05) is 176 Å². The monoisotopic (exact) mass is 909 g/mol. The van der Waals surface area contributed by atoms with Gasteiger partial charge in [0.15, 0.2) is 0 Å². The minimum absolute atomic E-state index is 1.10. The summed E-state index contributed by atoms with van der Waals surface area (Å²) in [6.07, 6.45) is 0. The molecule has 4 heteroatoms. The third kappa shape index (κ3) is 6.57. The minimum Gasteiger partial charge on any atom is -0.310 e. The van der Waals surface area contributed by atoms with Gasteiger partial charge in [-0.2, -0.15) is 0 Å². The van der Waals surface area contributed by atoms with E-state index in [0.29, 0.717) is 0 Å². The largest absolute Gasteiger partial charge is 0.310 e. The van der Waals surface area contributed by atoms with E-state index in [9.17, 15) is 0 Å². The Morgan fingerprint density at radius 1 is 0.271 bits per heavy atom. The number of fused-ring (bicyclic) bond motifs is 9. The molecule has 0 aliphatic rings. The van der Waals surface area contributed by atoms with Gasteiger partial charge in [0, 0.05) is 64.5 Å². The lowest BCUT2D eigenvalue weighted by atomic mass is 10.0. The molecule has 14 rings (SSSR count). The van der Waals surface area contributed by atoms with E-state index in [-0.39, 0.29) is 0 Å². The van der Waals surface area contributed by atoms with E-state index >= 15 is 0 Å². The molecule has 0 aliphatic heterocycles. The Labute approximate surface area is 409 Å². The van der Waals surface area contributed by atoms with E-state index in [4.69, 9.17) is 0 Å². The molecule has 328 valence electrons. The number of hydrogen-bond acceptors (Lipinski definition) is 2. The smallest absolute Gasteiger partial charge is 0.0561 e. The van der Waals surface area contributed by atoms with E-state index in [1.165, 1.54) is 97.2 Å². The van der Waals surface area contributed by atoms with Crippen LogP contribution in [0.3, 0.4) is 0 Å². The molecule has 0 atom stereocenters. The highest BCUT2D eigenvalue weighted by molar-refractivity contribution is 7.26. The number of hydrogen-bond donors (Lipinski definition) is 0. The van der Waals surface area contributed by atoms with Crippen LogP contribution in [0.5, 0.6) is 0 Å².